The molecule has 2 N–H and O–H groups in total. The van der Waals surface area contributed by atoms with Crippen LogP contribution in [0.25, 0.3) is 6.08 Å². The van der Waals surface area contributed by atoms with E-state index >= 15 is 0 Å². The normalized spacial score (nSPS) is 27.6. The van der Waals surface area contributed by atoms with Crippen LogP contribution in [-0.2, 0) is 16.6 Å². The Morgan fingerprint density at radius 3 is 2.76 bits per heavy atom. The highest BCUT2D eigenvalue weighted by molar-refractivity contribution is 5.92. The largest absolute Gasteiger partial charge is 0.573 e. The first-order valence-electron chi connectivity index (χ1n) is 13.7. The molecule has 41 heavy (non-hydrogen) atoms. The molecule has 0 radical (unpaired) electrons. The van der Waals surface area contributed by atoms with Crippen LogP contribution in [-0.4, -0.2) is 77.2 Å². The lowest BCUT2D eigenvalue weighted by Crippen LogP contribution is -2.74. The number of methoxy groups -OCH3 is 1. The Kier molecular flexibility index (Phi) is 7.59. The number of carbonyl (C=O) groups is 1. The first-order valence-corrected chi connectivity index (χ1v) is 13.7. The molecule has 4 atom stereocenters. The van der Waals surface area contributed by atoms with Crippen molar-refractivity contribution in [3.05, 3.63) is 71.8 Å². The molecule has 7 nitrogen and oxygen atoms in total. The van der Waals surface area contributed by atoms with Crippen molar-refractivity contribution in [1.82, 2.24) is 9.80 Å². The third-order valence-electron chi connectivity index (χ3n) is 9.18. The number of likely N-dealkylation sites (N-methyl/N-ethyl adjacent to an activating group) is 1. The molecule has 2 aromatic rings. The number of amides is 1. The van der Waals surface area contributed by atoms with Gasteiger partial charge in [-0.3, -0.25) is 9.69 Å². The maximum atomic E-state index is 13.3. The molecule has 5 rings (SSSR count). The first kappa shape index (κ1) is 29.0. The lowest BCUT2D eigenvalue weighted by Gasteiger charge is -2.65. The Labute approximate surface area is 237 Å². The third kappa shape index (κ3) is 5.08. The van der Waals surface area contributed by atoms with E-state index < -0.39 is 17.4 Å². The second-order valence-electron chi connectivity index (χ2n) is 11.2. The van der Waals surface area contributed by atoms with Gasteiger partial charge in [-0.1, -0.05) is 24.3 Å². The predicted octanol–water partition coefficient (Wildman–Crippen LogP) is 4.81. The number of alkyl halides is 3. The topological polar surface area (TPSA) is 82.5 Å². The number of halogens is 3. The number of phenolic OH excluding ortho intramolecular Hbond substituents is 1. The molecule has 2 aliphatic carbocycles. The summed E-state index contributed by atoms with van der Waals surface area (Å²) in [6.45, 7) is 5.27. The van der Waals surface area contributed by atoms with E-state index in [1.165, 1.54) is 37.5 Å². The van der Waals surface area contributed by atoms with Gasteiger partial charge in [0.15, 0.2) is 11.5 Å². The van der Waals surface area contributed by atoms with Crippen LogP contribution in [0.15, 0.2) is 55.1 Å². The van der Waals surface area contributed by atoms with Gasteiger partial charge in [-0.05, 0) is 74.1 Å². The van der Waals surface area contributed by atoms with Gasteiger partial charge in [0.1, 0.15) is 5.75 Å². The fourth-order valence-corrected chi connectivity index (χ4v) is 7.36. The van der Waals surface area contributed by atoms with Crippen LogP contribution in [0.4, 0.5) is 13.2 Å². The van der Waals surface area contributed by atoms with Crippen molar-refractivity contribution in [3.8, 4) is 17.2 Å². The van der Waals surface area contributed by atoms with Gasteiger partial charge in [0, 0.05) is 42.7 Å². The Morgan fingerprint density at radius 1 is 1.27 bits per heavy atom. The fraction of sp³-hybridized carbons (Fsp3) is 0.452. The zero-order valence-electron chi connectivity index (χ0n) is 23.2. The number of likely N-dealkylation sites (tertiary alicyclic amines) is 1. The molecule has 2 fully saturated rings. The average Bonchev–Trinajstić information content (AvgIpc) is 2.92. The molecular formula is C31H35F3N2O5. The van der Waals surface area contributed by atoms with Crippen molar-refractivity contribution in [3.63, 3.8) is 0 Å². The number of carbonyl (C=O) groups excluding carboxylic acids is 1. The molecule has 1 heterocycles. The van der Waals surface area contributed by atoms with Gasteiger partial charge in [0.05, 0.1) is 12.7 Å². The summed E-state index contributed by atoms with van der Waals surface area (Å²) in [5, 5.41) is 23.2. The average molecular weight is 573 g/mol. The van der Waals surface area contributed by atoms with Gasteiger partial charge in [-0.25, -0.2) is 0 Å². The minimum Gasteiger partial charge on any atom is -0.504 e. The number of nitrogens with zero attached hydrogens (tertiary/aromatic N) is 2. The summed E-state index contributed by atoms with van der Waals surface area (Å²) in [5.74, 6) is -0.289. The van der Waals surface area contributed by atoms with Gasteiger partial charge in [0.2, 0.25) is 5.91 Å². The lowest BCUT2D eigenvalue weighted by atomic mass is 9.48. The molecule has 0 unspecified atom stereocenters. The van der Waals surface area contributed by atoms with Crippen LogP contribution in [0.1, 0.15) is 42.4 Å². The highest BCUT2D eigenvalue weighted by atomic mass is 19.4. The second-order valence-corrected chi connectivity index (χ2v) is 11.2. The first-order chi connectivity index (χ1) is 19.4. The molecule has 3 aliphatic rings. The van der Waals surface area contributed by atoms with Crippen LogP contribution in [0.2, 0.25) is 0 Å². The van der Waals surface area contributed by atoms with Crippen molar-refractivity contribution in [2.45, 2.75) is 61.6 Å². The molecule has 0 spiro atoms. The van der Waals surface area contributed by atoms with E-state index in [-0.39, 0.29) is 29.5 Å². The van der Waals surface area contributed by atoms with E-state index in [4.69, 9.17) is 4.74 Å². The number of ether oxygens (including phenoxy) is 2. The summed E-state index contributed by atoms with van der Waals surface area (Å²) in [7, 11) is 3.22. The second kappa shape index (κ2) is 10.7. The molecule has 1 saturated carbocycles. The van der Waals surface area contributed by atoms with Crippen molar-refractivity contribution in [2.75, 3.05) is 27.2 Å². The lowest BCUT2D eigenvalue weighted by molar-refractivity contribution is -0.274. The van der Waals surface area contributed by atoms with E-state index in [0.717, 1.165) is 17.7 Å². The van der Waals surface area contributed by atoms with E-state index in [9.17, 15) is 28.2 Å². The smallest absolute Gasteiger partial charge is 0.504 e. The highest BCUT2D eigenvalue weighted by Gasteiger charge is 2.66. The maximum absolute atomic E-state index is 13.3. The zero-order chi connectivity index (χ0) is 29.6. The van der Waals surface area contributed by atoms with Gasteiger partial charge in [-0.2, -0.15) is 0 Å². The van der Waals surface area contributed by atoms with Gasteiger partial charge in [-0.15, -0.1) is 19.8 Å². The Morgan fingerprint density at radius 2 is 2.05 bits per heavy atom. The summed E-state index contributed by atoms with van der Waals surface area (Å²) < 4.78 is 47.5. The minimum atomic E-state index is -4.81. The number of rotatable bonds is 7. The number of fused-ring (bicyclic) bond motifs is 1. The predicted molar refractivity (Wildman–Crippen MR) is 148 cm³/mol. The molecule has 1 aliphatic heterocycles. The molecule has 2 aromatic carbocycles. The van der Waals surface area contributed by atoms with Crippen LogP contribution < -0.4 is 9.47 Å². The summed E-state index contributed by atoms with van der Waals surface area (Å²) in [4.78, 5) is 17.2. The van der Waals surface area contributed by atoms with Crippen LogP contribution >= 0.6 is 0 Å². The van der Waals surface area contributed by atoms with E-state index in [1.807, 2.05) is 12.1 Å². The van der Waals surface area contributed by atoms with Crippen molar-refractivity contribution < 1.29 is 37.7 Å². The summed E-state index contributed by atoms with van der Waals surface area (Å²) in [5.41, 5.74) is 0.372. The molecule has 220 valence electrons. The van der Waals surface area contributed by atoms with Gasteiger partial charge in [0.25, 0.3) is 0 Å². The third-order valence-corrected chi connectivity index (χ3v) is 9.18. The minimum absolute atomic E-state index is 0.0150. The summed E-state index contributed by atoms with van der Waals surface area (Å²) in [6, 6.07) is 8.57. The number of phenols is 1. The van der Waals surface area contributed by atoms with Crippen molar-refractivity contribution >= 4 is 12.0 Å². The van der Waals surface area contributed by atoms with Gasteiger partial charge >= 0.3 is 6.36 Å². The standard InChI is InChI=1S/C31H35F3N2O5/c1-4-15-36-16-14-29-19-22(35(2)26(38)11-8-20-6-5-7-23(17-20)41-31(32,33)34)12-13-30(29,39)25(36)18-21-9-10-24(37)28(40-3)27(21)29/h4-11,17,22,25,37,39H,1,12-16,18-19H2,2-3H3/t22-,25-,29-,30-/m1/s1. The molecular weight excluding hydrogens is 537 g/mol. The molecule has 0 aromatic heterocycles. The number of hydrogen-bond acceptors (Lipinski definition) is 6. The van der Waals surface area contributed by atoms with Crippen LogP contribution in [0, 0.1) is 0 Å². The Balaban J connectivity index is 1.44. The molecule has 2 bridgehead atoms. The monoisotopic (exact) mass is 572 g/mol. The van der Waals surface area contributed by atoms with Crippen LogP contribution in [0.3, 0.4) is 0 Å². The van der Waals surface area contributed by atoms with Gasteiger partial charge < -0.3 is 24.6 Å². The van der Waals surface area contributed by atoms with E-state index in [0.29, 0.717) is 50.0 Å². The Hall–Kier alpha value is -3.50. The summed E-state index contributed by atoms with van der Waals surface area (Å²) >= 11 is 0. The SMILES string of the molecule is C=CCN1CC[C@]23C[C@H](N(C)C(=O)C=Cc4cccc(OC(F)(F)F)c4)CC[C@@]2(O)[C@H]1Cc1ccc(O)c(OC)c13. The van der Waals surface area contributed by atoms with Crippen molar-refractivity contribution in [1.29, 1.82) is 0 Å². The number of aromatic hydroxyl groups is 1. The molecule has 1 amide bonds. The fourth-order valence-electron chi connectivity index (χ4n) is 7.36. The molecule has 1 saturated heterocycles. The summed E-state index contributed by atoms with van der Waals surface area (Å²) in [6.07, 6.45) is 2.54. The molecule has 10 heteroatoms. The zero-order valence-corrected chi connectivity index (χ0v) is 23.2. The van der Waals surface area contributed by atoms with Crippen molar-refractivity contribution in [2.24, 2.45) is 0 Å². The number of piperidine rings is 1. The maximum Gasteiger partial charge on any atom is 0.573 e. The number of aliphatic hydroxyl groups is 1. The Bertz CT molecular complexity index is 1360. The highest BCUT2D eigenvalue weighted by Crippen LogP contribution is 2.61. The number of benzene rings is 2. The van der Waals surface area contributed by atoms with Crippen LogP contribution in [0.5, 0.6) is 17.2 Å². The van der Waals surface area contributed by atoms with E-state index in [1.54, 1.807) is 24.1 Å². The van der Waals surface area contributed by atoms with E-state index in [2.05, 4.69) is 16.2 Å². The number of hydrogen-bond donors (Lipinski definition) is 2. The quantitative estimate of drug-likeness (QED) is 0.366.